The van der Waals surface area contributed by atoms with Crippen molar-refractivity contribution in [2.75, 3.05) is 6.16 Å². The third-order valence-corrected chi connectivity index (χ3v) is 1.95. The lowest BCUT2D eigenvalue weighted by atomic mass is 10.3. The Balaban J connectivity index is 3.29. The van der Waals surface area contributed by atoms with Crippen LogP contribution in [-0.4, -0.2) is 15.9 Å². The molecule has 0 spiro atoms. The van der Waals surface area contributed by atoms with Crippen molar-refractivity contribution in [1.82, 2.24) is 0 Å². The zero-order chi connectivity index (χ0) is 8.04. The van der Waals surface area contributed by atoms with E-state index in [-0.39, 0.29) is 6.16 Å². The maximum Gasteiger partial charge on any atom is 0.325 e. The summed E-state index contributed by atoms with van der Waals surface area (Å²) in [5, 5.41) is 0. The van der Waals surface area contributed by atoms with Gasteiger partial charge in [-0.2, -0.15) is 0 Å². The second-order valence-corrected chi connectivity index (χ2v) is 3.88. The standard InChI is InChI=1S/C6H13O3P/c1-2-3-4-5-6-10(7,8)9/h2-3H,4-6H2,1H3,(H2,7,8,9)/b3-2+. The average Bonchev–Trinajstić information content (AvgIpc) is 1.78. The van der Waals surface area contributed by atoms with Gasteiger partial charge in [0.25, 0.3) is 0 Å². The Morgan fingerprint density at radius 2 is 2.10 bits per heavy atom. The van der Waals surface area contributed by atoms with Crippen molar-refractivity contribution < 1.29 is 14.4 Å². The van der Waals surface area contributed by atoms with Crippen LogP contribution in [0.25, 0.3) is 0 Å². The third-order valence-electron chi connectivity index (χ3n) is 1.06. The Kier molecular flexibility index (Phi) is 4.62. The Morgan fingerprint density at radius 3 is 2.50 bits per heavy atom. The topological polar surface area (TPSA) is 57.5 Å². The summed E-state index contributed by atoms with van der Waals surface area (Å²) in [6.45, 7) is 1.89. The largest absolute Gasteiger partial charge is 0.325 e. The molecular formula is C6H13O3P. The van der Waals surface area contributed by atoms with Gasteiger partial charge < -0.3 is 9.79 Å². The Hall–Kier alpha value is -0.110. The summed E-state index contributed by atoms with van der Waals surface area (Å²) in [4.78, 5) is 16.8. The van der Waals surface area contributed by atoms with Gasteiger partial charge in [0, 0.05) is 0 Å². The highest BCUT2D eigenvalue weighted by molar-refractivity contribution is 7.51. The van der Waals surface area contributed by atoms with E-state index in [2.05, 4.69) is 0 Å². The highest BCUT2D eigenvalue weighted by Crippen LogP contribution is 2.35. The van der Waals surface area contributed by atoms with Crippen molar-refractivity contribution in [3.05, 3.63) is 12.2 Å². The molecule has 3 nitrogen and oxygen atoms in total. The molecule has 0 saturated carbocycles. The first-order valence-corrected chi connectivity index (χ1v) is 5.02. The van der Waals surface area contributed by atoms with Gasteiger partial charge in [0.1, 0.15) is 0 Å². The first-order chi connectivity index (χ1) is 4.56. The predicted octanol–water partition coefficient (Wildman–Crippen LogP) is 1.52. The highest BCUT2D eigenvalue weighted by Gasteiger charge is 2.10. The summed E-state index contributed by atoms with van der Waals surface area (Å²) in [6, 6.07) is 0. The summed E-state index contributed by atoms with van der Waals surface area (Å²) < 4.78 is 10.3. The molecule has 0 radical (unpaired) electrons. The molecule has 0 heterocycles. The Bertz CT molecular complexity index is 147. The monoisotopic (exact) mass is 164 g/mol. The molecule has 2 N–H and O–H groups in total. The van der Waals surface area contributed by atoms with Crippen LogP contribution in [0.3, 0.4) is 0 Å². The first kappa shape index (κ1) is 9.89. The van der Waals surface area contributed by atoms with Crippen molar-refractivity contribution in [2.45, 2.75) is 19.8 Å². The number of hydrogen-bond acceptors (Lipinski definition) is 1. The van der Waals surface area contributed by atoms with Crippen LogP contribution in [0.4, 0.5) is 0 Å². The molecule has 0 aromatic heterocycles. The van der Waals surface area contributed by atoms with Crippen LogP contribution in [0.5, 0.6) is 0 Å². The molecule has 0 aliphatic heterocycles. The predicted molar refractivity (Wildman–Crippen MR) is 41.0 cm³/mol. The molecule has 0 fully saturated rings. The molecule has 0 aromatic carbocycles. The van der Waals surface area contributed by atoms with Gasteiger partial charge >= 0.3 is 7.60 Å². The minimum absolute atomic E-state index is 0.00264. The second kappa shape index (κ2) is 4.67. The molecule has 0 amide bonds. The molecule has 0 bridgehead atoms. The van der Waals surface area contributed by atoms with Crippen molar-refractivity contribution >= 4 is 7.60 Å². The number of unbranched alkanes of at least 4 members (excludes halogenated alkanes) is 1. The van der Waals surface area contributed by atoms with Gasteiger partial charge in [0.05, 0.1) is 6.16 Å². The zero-order valence-electron chi connectivity index (χ0n) is 6.03. The van der Waals surface area contributed by atoms with E-state index in [4.69, 9.17) is 9.79 Å². The second-order valence-electron chi connectivity index (χ2n) is 2.10. The van der Waals surface area contributed by atoms with Gasteiger partial charge in [0.15, 0.2) is 0 Å². The molecular weight excluding hydrogens is 151 g/mol. The van der Waals surface area contributed by atoms with E-state index in [0.717, 1.165) is 6.42 Å². The minimum atomic E-state index is -3.74. The van der Waals surface area contributed by atoms with Crippen LogP contribution in [0, 0.1) is 0 Å². The van der Waals surface area contributed by atoms with Gasteiger partial charge in [-0.1, -0.05) is 12.2 Å². The lowest BCUT2D eigenvalue weighted by molar-refractivity contribution is 0.372. The van der Waals surface area contributed by atoms with E-state index in [0.29, 0.717) is 6.42 Å². The summed E-state index contributed by atoms with van der Waals surface area (Å²) >= 11 is 0. The van der Waals surface area contributed by atoms with Crippen molar-refractivity contribution in [3.63, 3.8) is 0 Å². The van der Waals surface area contributed by atoms with E-state index in [9.17, 15) is 4.57 Å². The third kappa shape index (κ3) is 7.89. The Labute approximate surface area is 60.9 Å². The molecule has 0 unspecified atom stereocenters. The molecule has 0 aliphatic rings. The van der Waals surface area contributed by atoms with Crippen LogP contribution in [0.2, 0.25) is 0 Å². The smallest absolute Gasteiger partial charge is 0.324 e. The molecule has 0 saturated heterocycles. The van der Waals surface area contributed by atoms with Gasteiger partial charge in [-0.15, -0.1) is 0 Å². The summed E-state index contributed by atoms with van der Waals surface area (Å²) in [5.41, 5.74) is 0. The van der Waals surface area contributed by atoms with Gasteiger partial charge in [-0.05, 0) is 19.8 Å². The fourth-order valence-corrected chi connectivity index (χ4v) is 1.18. The molecule has 0 atom stereocenters. The number of rotatable bonds is 4. The van der Waals surface area contributed by atoms with Gasteiger partial charge in [0.2, 0.25) is 0 Å². The zero-order valence-corrected chi connectivity index (χ0v) is 6.92. The van der Waals surface area contributed by atoms with Crippen molar-refractivity contribution in [2.24, 2.45) is 0 Å². The SMILES string of the molecule is C/C=C/CCCP(=O)(O)O. The highest BCUT2D eigenvalue weighted by atomic mass is 31.2. The maximum atomic E-state index is 10.3. The van der Waals surface area contributed by atoms with Gasteiger partial charge in [-0.25, -0.2) is 0 Å². The van der Waals surface area contributed by atoms with Gasteiger partial charge in [-0.3, -0.25) is 4.57 Å². The molecule has 10 heavy (non-hydrogen) atoms. The fraction of sp³-hybridized carbons (Fsp3) is 0.667. The van der Waals surface area contributed by atoms with Crippen molar-refractivity contribution in [3.8, 4) is 0 Å². The molecule has 4 heteroatoms. The first-order valence-electron chi connectivity index (χ1n) is 3.22. The molecule has 0 rings (SSSR count). The number of hydrogen-bond donors (Lipinski definition) is 2. The van der Waals surface area contributed by atoms with E-state index in [1.54, 1.807) is 0 Å². The fourth-order valence-electron chi connectivity index (χ4n) is 0.582. The van der Waals surface area contributed by atoms with Crippen LogP contribution in [0.15, 0.2) is 12.2 Å². The normalized spacial score (nSPS) is 12.7. The summed E-state index contributed by atoms with van der Waals surface area (Å²) in [6.07, 6.45) is 5.09. The molecule has 0 aliphatic carbocycles. The van der Waals surface area contributed by atoms with E-state index >= 15 is 0 Å². The average molecular weight is 164 g/mol. The van der Waals surface area contributed by atoms with Crippen molar-refractivity contribution in [1.29, 1.82) is 0 Å². The summed E-state index contributed by atoms with van der Waals surface area (Å²) in [7, 11) is -3.74. The quantitative estimate of drug-likeness (QED) is 0.376. The van der Waals surface area contributed by atoms with E-state index < -0.39 is 7.60 Å². The molecule has 0 aromatic rings. The minimum Gasteiger partial charge on any atom is -0.324 e. The van der Waals surface area contributed by atoms with E-state index in [1.165, 1.54) is 0 Å². The van der Waals surface area contributed by atoms with Crippen LogP contribution in [0.1, 0.15) is 19.8 Å². The van der Waals surface area contributed by atoms with Crippen LogP contribution in [-0.2, 0) is 4.57 Å². The summed E-state index contributed by atoms with van der Waals surface area (Å²) in [5.74, 6) is 0. The Morgan fingerprint density at radius 1 is 1.50 bits per heavy atom. The van der Waals surface area contributed by atoms with Crippen LogP contribution >= 0.6 is 7.60 Å². The molecule has 60 valence electrons. The number of allylic oxidation sites excluding steroid dienone is 2. The van der Waals surface area contributed by atoms with Crippen LogP contribution < -0.4 is 0 Å². The lowest BCUT2D eigenvalue weighted by Crippen LogP contribution is -1.85. The van der Waals surface area contributed by atoms with E-state index in [1.807, 2.05) is 19.1 Å². The maximum absolute atomic E-state index is 10.3. The lowest BCUT2D eigenvalue weighted by Gasteiger charge is -1.99.